The molecule has 0 spiro atoms. The van der Waals surface area contributed by atoms with Crippen molar-refractivity contribution >= 4 is 0 Å². The maximum Gasteiger partial charge on any atom is 0.390 e. The molecule has 0 atom stereocenters. The van der Waals surface area contributed by atoms with Crippen molar-refractivity contribution in [3.8, 4) is 0 Å². The molecular formula is C9H16F3NO. The molecule has 0 radical (unpaired) electrons. The van der Waals surface area contributed by atoms with Gasteiger partial charge in [-0.1, -0.05) is 12.2 Å². The van der Waals surface area contributed by atoms with Crippen molar-refractivity contribution in [1.29, 1.82) is 0 Å². The van der Waals surface area contributed by atoms with Gasteiger partial charge >= 0.3 is 6.18 Å². The second kappa shape index (κ2) is 6.84. The van der Waals surface area contributed by atoms with E-state index < -0.39 is 12.6 Å². The zero-order chi connectivity index (χ0) is 11.0. The monoisotopic (exact) mass is 211 g/mol. The Morgan fingerprint density at radius 2 is 2.00 bits per heavy atom. The summed E-state index contributed by atoms with van der Waals surface area (Å²) in [6.07, 6.45) is -4.88. The van der Waals surface area contributed by atoms with Gasteiger partial charge in [0.2, 0.25) is 0 Å². The molecule has 1 N–H and O–H groups in total. The van der Waals surface area contributed by atoms with Crippen LogP contribution in [0.25, 0.3) is 0 Å². The third-order valence-corrected chi connectivity index (χ3v) is 1.36. The average Bonchev–Trinajstić information content (AvgIpc) is 2.00. The van der Waals surface area contributed by atoms with E-state index in [1.807, 2.05) is 6.92 Å². The van der Waals surface area contributed by atoms with Crippen LogP contribution < -0.4 is 5.32 Å². The predicted octanol–water partition coefficient (Wildman–Crippen LogP) is 2.12. The van der Waals surface area contributed by atoms with Crippen LogP contribution in [-0.2, 0) is 4.74 Å². The van der Waals surface area contributed by atoms with Gasteiger partial charge in [0.05, 0.1) is 19.6 Å². The highest BCUT2D eigenvalue weighted by molar-refractivity contribution is 4.87. The van der Waals surface area contributed by atoms with Crippen molar-refractivity contribution in [3.63, 3.8) is 0 Å². The quantitative estimate of drug-likeness (QED) is 0.514. The lowest BCUT2D eigenvalue weighted by Crippen LogP contribution is -2.25. The Kier molecular flexibility index (Phi) is 6.57. The van der Waals surface area contributed by atoms with Gasteiger partial charge in [-0.2, -0.15) is 13.2 Å². The third kappa shape index (κ3) is 11.4. The Balaban J connectivity index is 3.11. The number of halogens is 3. The summed E-state index contributed by atoms with van der Waals surface area (Å²) in [7, 11) is 0. The minimum absolute atomic E-state index is 0.0556. The third-order valence-electron chi connectivity index (χ3n) is 1.36. The van der Waals surface area contributed by atoms with Crippen molar-refractivity contribution in [1.82, 2.24) is 5.32 Å². The molecule has 0 aliphatic rings. The lowest BCUT2D eigenvalue weighted by molar-refractivity contribution is -0.133. The van der Waals surface area contributed by atoms with Gasteiger partial charge in [0.15, 0.2) is 0 Å². The summed E-state index contributed by atoms with van der Waals surface area (Å²) in [5, 5.41) is 2.64. The van der Waals surface area contributed by atoms with Crippen LogP contribution in [0.2, 0.25) is 0 Å². The molecule has 0 aromatic rings. The number of ether oxygens (including phenoxy) is 1. The number of hydrogen-bond donors (Lipinski definition) is 1. The molecule has 2 nitrogen and oxygen atoms in total. The first kappa shape index (κ1) is 13.4. The van der Waals surface area contributed by atoms with Gasteiger partial charge in [-0.05, 0) is 6.92 Å². The van der Waals surface area contributed by atoms with Crippen molar-refractivity contribution < 1.29 is 17.9 Å². The molecule has 0 saturated heterocycles. The molecule has 0 heterocycles. The first-order valence-electron chi connectivity index (χ1n) is 4.41. The van der Waals surface area contributed by atoms with Gasteiger partial charge in [-0.15, -0.1) is 0 Å². The largest absolute Gasteiger partial charge is 0.390 e. The highest BCUT2D eigenvalue weighted by Crippen LogP contribution is 2.17. The molecule has 14 heavy (non-hydrogen) atoms. The summed E-state index contributed by atoms with van der Waals surface area (Å²) in [5.41, 5.74) is 0.903. The highest BCUT2D eigenvalue weighted by Gasteiger charge is 2.25. The van der Waals surface area contributed by atoms with Crippen LogP contribution in [0.3, 0.4) is 0 Å². The van der Waals surface area contributed by atoms with Crippen LogP contribution in [-0.4, -0.2) is 32.5 Å². The summed E-state index contributed by atoms with van der Waals surface area (Å²) >= 11 is 0. The molecule has 0 saturated carbocycles. The van der Waals surface area contributed by atoms with Gasteiger partial charge in [-0.25, -0.2) is 0 Å². The molecule has 0 rings (SSSR count). The zero-order valence-corrected chi connectivity index (χ0v) is 8.28. The van der Waals surface area contributed by atoms with Crippen LogP contribution in [0, 0.1) is 0 Å². The van der Waals surface area contributed by atoms with Crippen LogP contribution in [0.1, 0.15) is 13.3 Å². The van der Waals surface area contributed by atoms with E-state index in [4.69, 9.17) is 4.74 Å². The summed E-state index contributed by atoms with van der Waals surface area (Å²) in [6.45, 7) is 6.70. The summed E-state index contributed by atoms with van der Waals surface area (Å²) in [6, 6.07) is 0. The molecular weight excluding hydrogens is 195 g/mol. The van der Waals surface area contributed by atoms with Gasteiger partial charge in [-0.3, -0.25) is 0 Å². The second-order valence-corrected chi connectivity index (χ2v) is 3.12. The smallest absolute Gasteiger partial charge is 0.376 e. The molecule has 0 amide bonds. The molecule has 0 aliphatic carbocycles. The normalized spacial score (nSPS) is 11.7. The molecule has 0 aliphatic heterocycles. The van der Waals surface area contributed by atoms with E-state index >= 15 is 0 Å². The Bertz CT molecular complexity index is 168. The Morgan fingerprint density at radius 1 is 1.36 bits per heavy atom. The lowest BCUT2D eigenvalue weighted by atomic mass is 10.4. The highest BCUT2D eigenvalue weighted by atomic mass is 19.4. The lowest BCUT2D eigenvalue weighted by Gasteiger charge is -2.07. The topological polar surface area (TPSA) is 21.3 Å². The van der Waals surface area contributed by atoms with E-state index in [9.17, 15) is 13.2 Å². The second-order valence-electron chi connectivity index (χ2n) is 3.12. The van der Waals surface area contributed by atoms with Crippen molar-refractivity contribution in [3.05, 3.63) is 12.2 Å². The molecule has 0 fully saturated rings. The van der Waals surface area contributed by atoms with E-state index in [0.29, 0.717) is 19.8 Å². The predicted molar refractivity (Wildman–Crippen MR) is 49.2 cm³/mol. The van der Waals surface area contributed by atoms with Crippen molar-refractivity contribution in [2.45, 2.75) is 19.5 Å². The Morgan fingerprint density at radius 3 is 2.50 bits per heavy atom. The van der Waals surface area contributed by atoms with Crippen LogP contribution in [0.5, 0.6) is 0 Å². The van der Waals surface area contributed by atoms with Crippen molar-refractivity contribution in [2.24, 2.45) is 0 Å². The molecule has 0 aromatic carbocycles. The fourth-order valence-corrected chi connectivity index (χ4v) is 0.746. The summed E-state index contributed by atoms with van der Waals surface area (Å²) < 4.78 is 40.0. The fraction of sp³-hybridized carbons (Fsp3) is 0.778. The Hall–Kier alpha value is -0.550. The molecule has 0 aromatic heterocycles. The van der Waals surface area contributed by atoms with E-state index in [-0.39, 0.29) is 6.54 Å². The minimum Gasteiger partial charge on any atom is -0.376 e. The summed E-state index contributed by atoms with van der Waals surface area (Å²) in [4.78, 5) is 0. The van der Waals surface area contributed by atoms with Crippen molar-refractivity contribution in [2.75, 3.05) is 26.3 Å². The summed E-state index contributed by atoms with van der Waals surface area (Å²) in [5.74, 6) is 0. The number of alkyl halides is 3. The van der Waals surface area contributed by atoms with E-state index in [0.717, 1.165) is 5.57 Å². The van der Waals surface area contributed by atoms with Crippen LogP contribution in [0.15, 0.2) is 12.2 Å². The fourth-order valence-electron chi connectivity index (χ4n) is 0.746. The Labute approximate surface area is 82.1 Å². The van der Waals surface area contributed by atoms with E-state index in [1.54, 1.807) is 0 Å². The maximum absolute atomic E-state index is 11.7. The number of rotatable bonds is 7. The maximum atomic E-state index is 11.7. The number of hydrogen-bond acceptors (Lipinski definition) is 2. The van der Waals surface area contributed by atoms with E-state index in [1.165, 1.54) is 0 Å². The van der Waals surface area contributed by atoms with Gasteiger partial charge in [0.1, 0.15) is 0 Å². The molecule has 5 heteroatoms. The minimum atomic E-state index is -4.08. The first-order chi connectivity index (χ1) is 6.42. The SMILES string of the molecule is C=C(C)COCCNCCC(F)(F)F. The average molecular weight is 211 g/mol. The van der Waals surface area contributed by atoms with Gasteiger partial charge < -0.3 is 10.1 Å². The number of nitrogens with one attached hydrogen (secondary N) is 1. The van der Waals surface area contributed by atoms with Gasteiger partial charge in [0.25, 0.3) is 0 Å². The standard InChI is InChI=1S/C9H16F3NO/c1-8(2)7-14-6-5-13-4-3-9(10,11)12/h13H,1,3-7H2,2H3. The van der Waals surface area contributed by atoms with E-state index in [2.05, 4.69) is 11.9 Å². The van der Waals surface area contributed by atoms with Crippen LogP contribution >= 0.6 is 0 Å². The molecule has 0 bridgehead atoms. The zero-order valence-electron chi connectivity index (χ0n) is 8.28. The molecule has 84 valence electrons. The molecule has 0 unspecified atom stereocenters. The van der Waals surface area contributed by atoms with Crippen LogP contribution in [0.4, 0.5) is 13.2 Å². The first-order valence-corrected chi connectivity index (χ1v) is 4.41. The van der Waals surface area contributed by atoms with Gasteiger partial charge in [0, 0.05) is 13.1 Å².